The first-order valence-electron chi connectivity index (χ1n) is 7.65. The SMILES string of the molecule is CCCC1CC2CCc3cc(O)ccc3C2CC1F. The molecular weight excluding hydrogens is 239 g/mol. The molecule has 2 aliphatic rings. The molecule has 0 radical (unpaired) electrons. The maximum absolute atomic E-state index is 14.3. The maximum atomic E-state index is 14.3. The minimum atomic E-state index is -0.638. The Morgan fingerprint density at radius 2 is 2.16 bits per heavy atom. The molecule has 4 unspecified atom stereocenters. The lowest BCUT2D eigenvalue weighted by atomic mass is 9.64. The van der Waals surface area contributed by atoms with E-state index in [-0.39, 0.29) is 5.92 Å². The summed E-state index contributed by atoms with van der Waals surface area (Å²) >= 11 is 0. The Hall–Kier alpha value is -1.05. The minimum absolute atomic E-state index is 0.282. The summed E-state index contributed by atoms with van der Waals surface area (Å²) in [7, 11) is 0. The first-order valence-corrected chi connectivity index (χ1v) is 7.65. The summed E-state index contributed by atoms with van der Waals surface area (Å²) in [4.78, 5) is 0. The fraction of sp³-hybridized carbons (Fsp3) is 0.647. The second-order valence-corrected chi connectivity index (χ2v) is 6.32. The van der Waals surface area contributed by atoms with Gasteiger partial charge in [-0.2, -0.15) is 0 Å². The summed E-state index contributed by atoms with van der Waals surface area (Å²) < 4.78 is 14.3. The van der Waals surface area contributed by atoms with Crippen LogP contribution in [0.2, 0.25) is 0 Å². The molecule has 19 heavy (non-hydrogen) atoms. The van der Waals surface area contributed by atoms with Crippen molar-refractivity contribution in [3.05, 3.63) is 29.3 Å². The molecule has 2 aliphatic carbocycles. The average molecular weight is 262 g/mol. The number of rotatable bonds is 2. The smallest absolute Gasteiger partial charge is 0.115 e. The predicted octanol–water partition coefficient (Wildman–Crippen LogP) is 4.59. The van der Waals surface area contributed by atoms with E-state index in [1.807, 2.05) is 12.1 Å². The number of benzene rings is 1. The zero-order valence-corrected chi connectivity index (χ0v) is 11.6. The number of alkyl halides is 1. The second kappa shape index (κ2) is 5.15. The van der Waals surface area contributed by atoms with Crippen LogP contribution in [0.15, 0.2) is 18.2 Å². The van der Waals surface area contributed by atoms with Crippen LogP contribution in [0, 0.1) is 11.8 Å². The molecule has 0 amide bonds. The van der Waals surface area contributed by atoms with Crippen molar-refractivity contribution >= 4 is 0 Å². The van der Waals surface area contributed by atoms with Crippen LogP contribution in [-0.2, 0) is 6.42 Å². The lowest BCUT2D eigenvalue weighted by molar-refractivity contribution is 0.0935. The van der Waals surface area contributed by atoms with E-state index >= 15 is 0 Å². The Morgan fingerprint density at radius 3 is 2.95 bits per heavy atom. The second-order valence-electron chi connectivity index (χ2n) is 6.32. The Morgan fingerprint density at radius 1 is 1.32 bits per heavy atom. The van der Waals surface area contributed by atoms with Crippen LogP contribution in [-0.4, -0.2) is 11.3 Å². The van der Waals surface area contributed by atoms with Crippen LogP contribution in [0.25, 0.3) is 0 Å². The molecule has 0 aliphatic heterocycles. The van der Waals surface area contributed by atoms with Gasteiger partial charge in [-0.25, -0.2) is 4.39 Å². The Balaban J connectivity index is 1.84. The molecule has 0 bridgehead atoms. The van der Waals surface area contributed by atoms with Gasteiger partial charge in [-0.3, -0.25) is 0 Å². The summed E-state index contributed by atoms with van der Waals surface area (Å²) in [6, 6.07) is 5.65. The van der Waals surface area contributed by atoms with Gasteiger partial charge in [-0.15, -0.1) is 0 Å². The fourth-order valence-corrected chi connectivity index (χ4v) is 4.21. The Bertz CT molecular complexity index is 457. The number of halogens is 1. The zero-order chi connectivity index (χ0) is 13.4. The lowest BCUT2D eigenvalue weighted by Gasteiger charge is -2.42. The largest absolute Gasteiger partial charge is 0.508 e. The molecule has 4 atom stereocenters. The van der Waals surface area contributed by atoms with Gasteiger partial charge in [0.25, 0.3) is 0 Å². The maximum Gasteiger partial charge on any atom is 0.115 e. The molecule has 0 heterocycles. The molecule has 3 rings (SSSR count). The van der Waals surface area contributed by atoms with Crippen molar-refractivity contribution < 1.29 is 9.50 Å². The van der Waals surface area contributed by atoms with Crippen molar-refractivity contribution in [1.29, 1.82) is 0 Å². The van der Waals surface area contributed by atoms with Gasteiger partial charge < -0.3 is 5.11 Å². The first kappa shape index (κ1) is 13.0. The van der Waals surface area contributed by atoms with E-state index in [1.165, 1.54) is 11.1 Å². The number of phenols is 1. The summed E-state index contributed by atoms with van der Waals surface area (Å²) in [5.74, 6) is 1.66. The summed E-state index contributed by atoms with van der Waals surface area (Å²) in [6.45, 7) is 2.15. The van der Waals surface area contributed by atoms with Gasteiger partial charge in [0.05, 0.1) is 0 Å². The van der Waals surface area contributed by atoms with Crippen molar-refractivity contribution in [2.75, 3.05) is 0 Å². The van der Waals surface area contributed by atoms with Crippen LogP contribution in [0.1, 0.15) is 56.1 Å². The van der Waals surface area contributed by atoms with Crippen LogP contribution >= 0.6 is 0 Å². The molecule has 2 heteroatoms. The normalized spacial score (nSPS) is 33.6. The molecule has 1 N–H and O–H groups in total. The third-order valence-corrected chi connectivity index (χ3v) is 5.14. The van der Waals surface area contributed by atoms with Crippen LogP contribution < -0.4 is 0 Å². The molecule has 1 nitrogen and oxygen atoms in total. The molecule has 1 aromatic carbocycles. The Kier molecular flexibility index (Phi) is 3.51. The molecule has 0 aromatic heterocycles. The van der Waals surface area contributed by atoms with Gasteiger partial charge in [0.1, 0.15) is 11.9 Å². The summed E-state index contributed by atoms with van der Waals surface area (Å²) in [5.41, 5.74) is 2.54. The van der Waals surface area contributed by atoms with Gasteiger partial charge in [-0.1, -0.05) is 19.4 Å². The van der Waals surface area contributed by atoms with Crippen molar-refractivity contribution in [3.8, 4) is 5.75 Å². The highest BCUT2D eigenvalue weighted by molar-refractivity contribution is 5.39. The predicted molar refractivity (Wildman–Crippen MR) is 75.2 cm³/mol. The highest BCUT2D eigenvalue weighted by atomic mass is 19.1. The molecule has 0 saturated heterocycles. The van der Waals surface area contributed by atoms with E-state index in [9.17, 15) is 9.50 Å². The first-order chi connectivity index (χ1) is 9.19. The highest BCUT2D eigenvalue weighted by Crippen LogP contribution is 2.49. The van der Waals surface area contributed by atoms with Gasteiger partial charge >= 0.3 is 0 Å². The highest BCUT2D eigenvalue weighted by Gasteiger charge is 2.39. The zero-order valence-electron chi connectivity index (χ0n) is 11.6. The minimum Gasteiger partial charge on any atom is -0.508 e. The average Bonchev–Trinajstić information content (AvgIpc) is 2.39. The molecule has 1 fully saturated rings. The van der Waals surface area contributed by atoms with Gasteiger partial charge in [-0.05, 0) is 73.1 Å². The molecule has 104 valence electrons. The number of hydrogen-bond acceptors (Lipinski definition) is 1. The van der Waals surface area contributed by atoms with Crippen LogP contribution in [0.5, 0.6) is 5.75 Å². The van der Waals surface area contributed by atoms with E-state index < -0.39 is 6.17 Å². The monoisotopic (exact) mass is 262 g/mol. The van der Waals surface area contributed by atoms with Crippen molar-refractivity contribution in [2.24, 2.45) is 11.8 Å². The number of phenolic OH excluding ortho intramolecular Hbond substituents is 1. The van der Waals surface area contributed by atoms with Crippen LogP contribution in [0.3, 0.4) is 0 Å². The number of aryl methyl sites for hydroxylation is 1. The molecule has 1 saturated carbocycles. The summed E-state index contributed by atoms with van der Waals surface area (Å²) in [5, 5.41) is 9.57. The van der Waals surface area contributed by atoms with Crippen molar-refractivity contribution in [2.45, 2.75) is 57.5 Å². The van der Waals surface area contributed by atoms with Gasteiger partial charge in [0.2, 0.25) is 0 Å². The van der Waals surface area contributed by atoms with Crippen molar-refractivity contribution in [3.63, 3.8) is 0 Å². The lowest BCUT2D eigenvalue weighted by Crippen LogP contribution is -2.34. The number of fused-ring (bicyclic) bond motifs is 3. The number of hydrogen-bond donors (Lipinski definition) is 1. The molecule has 1 aromatic rings. The fourth-order valence-electron chi connectivity index (χ4n) is 4.21. The van der Waals surface area contributed by atoms with E-state index in [2.05, 4.69) is 6.92 Å². The molecule has 0 spiro atoms. The third-order valence-electron chi connectivity index (χ3n) is 5.14. The summed E-state index contributed by atoms with van der Waals surface area (Å²) in [6.07, 6.45) is 5.43. The Labute approximate surface area is 114 Å². The van der Waals surface area contributed by atoms with Crippen molar-refractivity contribution in [1.82, 2.24) is 0 Å². The topological polar surface area (TPSA) is 20.2 Å². The van der Waals surface area contributed by atoms with E-state index in [0.29, 0.717) is 24.0 Å². The van der Waals surface area contributed by atoms with Crippen LogP contribution in [0.4, 0.5) is 4.39 Å². The van der Waals surface area contributed by atoms with E-state index in [1.54, 1.807) is 6.07 Å². The third kappa shape index (κ3) is 2.37. The van der Waals surface area contributed by atoms with E-state index in [4.69, 9.17) is 0 Å². The molecular formula is C17H23FO. The standard InChI is InChI=1S/C17H23FO/c1-2-3-13-8-11-4-5-12-9-14(19)6-7-15(12)16(11)10-17(13)18/h6-7,9,11,13,16-17,19H,2-5,8,10H2,1H3. The van der Waals surface area contributed by atoms with Gasteiger partial charge in [0.15, 0.2) is 0 Å². The number of aromatic hydroxyl groups is 1. The quantitative estimate of drug-likeness (QED) is 0.826. The van der Waals surface area contributed by atoms with E-state index in [0.717, 1.165) is 32.1 Å². The van der Waals surface area contributed by atoms with Gasteiger partial charge in [0, 0.05) is 0 Å².